The highest BCUT2D eigenvalue weighted by molar-refractivity contribution is 6.01. The van der Waals surface area contributed by atoms with Gasteiger partial charge in [0.1, 0.15) is 17.2 Å². The maximum absolute atomic E-state index is 13.9. The molecule has 0 atom stereocenters. The smallest absolute Gasteiger partial charge is 0.227 e. The van der Waals surface area contributed by atoms with Crippen LogP contribution in [0.3, 0.4) is 0 Å². The van der Waals surface area contributed by atoms with E-state index in [9.17, 15) is 9.18 Å². The molecule has 0 bridgehead atoms. The Labute approximate surface area is 210 Å². The molecule has 1 aliphatic carbocycles. The lowest BCUT2D eigenvalue weighted by atomic mass is 10.0. The van der Waals surface area contributed by atoms with Crippen LogP contribution in [0.2, 0.25) is 0 Å². The summed E-state index contributed by atoms with van der Waals surface area (Å²) in [6, 6.07) is 18.4. The van der Waals surface area contributed by atoms with Crippen molar-refractivity contribution >= 4 is 33.5 Å². The molecule has 180 valence electrons. The lowest BCUT2D eigenvalue weighted by molar-refractivity contribution is -0.117. The highest BCUT2D eigenvalue weighted by Crippen LogP contribution is 2.35. The van der Waals surface area contributed by atoms with E-state index in [2.05, 4.69) is 36.5 Å². The summed E-state index contributed by atoms with van der Waals surface area (Å²) in [7, 11) is 0. The molecule has 8 heteroatoms. The van der Waals surface area contributed by atoms with Gasteiger partial charge in [0.2, 0.25) is 5.91 Å². The van der Waals surface area contributed by atoms with Crippen LogP contribution in [0.4, 0.5) is 10.1 Å². The highest BCUT2D eigenvalue weighted by Gasteiger charge is 2.29. The van der Waals surface area contributed by atoms with Gasteiger partial charge in [-0.25, -0.2) is 9.37 Å². The van der Waals surface area contributed by atoms with Crippen molar-refractivity contribution < 1.29 is 9.18 Å². The second kappa shape index (κ2) is 8.37. The van der Waals surface area contributed by atoms with Crippen LogP contribution < -0.4 is 5.32 Å². The Morgan fingerprint density at radius 3 is 2.73 bits per heavy atom. The minimum Gasteiger partial charge on any atom is -0.338 e. The van der Waals surface area contributed by atoms with Gasteiger partial charge >= 0.3 is 0 Å². The standard InChI is InChI=1S/C29H21FN6O/c30-20-3-1-2-18(10-20)22-8-9-32-28-23(22)13-26(34-28)27-24-12-17(6-7-25(24)35-36-27)19-11-21(15-31-14-19)33-29(37)16-4-5-16/h1-3,6-16H,4-5H2,(H,32,34)(H,33,37)(H,35,36). The van der Waals surface area contributed by atoms with Gasteiger partial charge in [0, 0.05) is 34.6 Å². The first-order chi connectivity index (χ1) is 18.1. The molecule has 0 spiro atoms. The monoisotopic (exact) mass is 488 g/mol. The van der Waals surface area contributed by atoms with Crippen LogP contribution in [0.1, 0.15) is 12.8 Å². The number of carbonyl (C=O) groups is 1. The highest BCUT2D eigenvalue weighted by atomic mass is 19.1. The second-order valence-electron chi connectivity index (χ2n) is 9.37. The molecule has 1 saturated carbocycles. The van der Waals surface area contributed by atoms with Gasteiger partial charge in [-0.05, 0) is 72.0 Å². The first-order valence-corrected chi connectivity index (χ1v) is 12.1. The number of hydrogen-bond acceptors (Lipinski definition) is 4. The first-order valence-electron chi connectivity index (χ1n) is 12.1. The Balaban J connectivity index is 1.28. The Morgan fingerprint density at radius 2 is 1.86 bits per heavy atom. The van der Waals surface area contributed by atoms with Crippen LogP contribution in [0.15, 0.2) is 79.3 Å². The molecule has 6 aromatic rings. The molecule has 1 fully saturated rings. The van der Waals surface area contributed by atoms with Crippen molar-refractivity contribution in [2.75, 3.05) is 5.32 Å². The van der Waals surface area contributed by atoms with E-state index in [0.29, 0.717) is 11.3 Å². The third kappa shape index (κ3) is 3.92. The van der Waals surface area contributed by atoms with Crippen molar-refractivity contribution in [2.45, 2.75) is 12.8 Å². The van der Waals surface area contributed by atoms with Crippen LogP contribution in [0.25, 0.3) is 55.6 Å². The van der Waals surface area contributed by atoms with Crippen molar-refractivity contribution in [3.63, 3.8) is 0 Å². The molecular formula is C29H21FN6O. The van der Waals surface area contributed by atoms with Crippen LogP contribution in [-0.2, 0) is 4.79 Å². The number of hydrogen-bond donors (Lipinski definition) is 3. The Bertz CT molecular complexity index is 1820. The van der Waals surface area contributed by atoms with Gasteiger partial charge in [0.25, 0.3) is 0 Å². The summed E-state index contributed by atoms with van der Waals surface area (Å²) in [6.07, 6.45) is 7.06. The van der Waals surface area contributed by atoms with E-state index < -0.39 is 0 Å². The number of nitrogens with one attached hydrogen (secondary N) is 3. The summed E-state index contributed by atoms with van der Waals surface area (Å²) in [4.78, 5) is 24.4. The Hall–Kier alpha value is -4.85. The summed E-state index contributed by atoms with van der Waals surface area (Å²) < 4.78 is 13.9. The molecule has 7 rings (SSSR count). The fraction of sp³-hybridized carbons (Fsp3) is 0.103. The largest absolute Gasteiger partial charge is 0.338 e. The average Bonchev–Trinajstić information content (AvgIpc) is 3.55. The Kier molecular flexibility index (Phi) is 4.85. The molecule has 37 heavy (non-hydrogen) atoms. The summed E-state index contributed by atoms with van der Waals surface area (Å²) in [6.45, 7) is 0. The number of pyridine rings is 2. The maximum Gasteiger partial charge on any atom is 0.227 e. The third-order valence-corrected chi connectivity index (χ3v) is 6.77. The van der Waals surface area contributed by atoms with E-state index in [1.807, 2.05) is 36.4 Å². The van der Waals surface area contributed by atoms with E-state index >= 15 is 0 Å². The number of H-pyrrole nitrogens is 2. The lowest BCUT2D eigenvalue weighted by Crippen LogP contribution is -2.13. The minimum absolute atomic E-state index is 0.0524. The normalized spacial score (nSPS) is 13.3. The van der Waals surface area contributed by atoms with Gasteiger partial charge < -0.3 is 10.3 Å². The first kappa shape index (κ1) is 21.4. The molecule has 3 N–H and O–H groups in total. The van der Waals surface area contributed by atoms with Crippen molar-refractivity contribution in [1.29, 1.82) is 0 Å². The van der Waals surface area contributed by atoms with Crippen LogP contribution in [0.5, 0.6) is 0 Å². The fourth-order valence-corrected chi connectivity index (χ4v) is 4.72. The lowest BCUT2D eigenvalue weighted by Gasteiger charge is -2.07. The van der Waals surface area contributed by atoms with Crippen molar-refractivity contribution in [1.82, 2.24) is 25.1 Å². The SMILES string of the molecule is O=C(Nc1cncc(-c2ccc3[nH]nc(-c4cc5c(-c6cccc(F)c6)ccnc5[nH]4)c3c2)c1)C1CC1. The van der Waals surface area contributed by atoms with E-state index in [1.165, 1.54) is 12.1 Å². The van der Waals surface area contributed by atoms with Gasteiger partial charge in [0.05, 0.1) is 23.1 Å². The summed E-state index contributed by atoms with van der Waals surface area (Å²) in [5.41, 5.74) is 7.37. The van der Waals surface area contributed by atoms with Gasteiger partial charge in [-0.15, -0.1) is 0 Å². The number of rotatable bonds is 5. The minimum atomic E-state index is -0.283. The molecule has 0 unspecified atom stereocenters. The Morgan fingerprint density at radius 1 is 0.946 bits per heavy atom. The quantitative estimate of drug-likeness (QED) is 0.264. The van der Waals surface area contributed by atoms with Crippen LogP contribution in [0, 0.1) is 11.7 Å². The zero-order valence-corrected chi connectivity index (χ0v) is 19.6. The molecule has 4 heterocycles. The molecule has 0 saturated heterocycles. The number of halogens is 1. The van der Waals surface area contributed by atoms with E-state index in [4.69, 9.17) is 0 Å². The fourth-order valence-electron chi connectivity index (χ4n) is 4.72. The number of nitrogens with zero attached hydrogens (tertiary/aromatic N) is 3. The predicted octanol–water partition coefficient (Wildman–Crippen LogP) is 6.32. The van der Waals surface area contributed by atoms with Crippen LogP contribution in [-0.4, -0.2) is 31.1 Å². The van der Waals surface area contributed by atoms with Crippen molar-refractivity contribution in [3.8, 4) is 33.6 Å². The number of benzene rings is 2. The zero-order chi connectivity index (χ0) is 24.9. The van der Waals surface area contributed by atoms with Gasteiger partial charge in [0.15, 0.2) is 0 Å². The summed E-state index contributed by atoms with van der Waals surface area (Å²) >= 11 is 0. The molecule has 0 aliphatic heterocycles. The second-order valence-corrected chi connectivity index (χ2v) is 9.37. The number of aromatic amines is 2. The van der Waals surface area contributed by atoms with E-state index in [1.54, 1.807) is 24.7 Å². The molecular weight excluding hydrogens is 467 g/mol. The van der Waals surface area contributed by atoms with Crippen molar-refractivity contribution in [3.05, 3.63) is 85.1 Å². The third-order valence-electron chi connectivity index (χ3n) is 6.77. The summed E-state index contributed by atoms with van der Waals surface area (Å²) in [5, 5.41) is 12.5. The maximum atomic E-state index is 13.9. The zero-order valence-electron chi connectivity index (χ0n) is 19.6. The molecule has 2 aromatic carbocycles. The van der Waals surface area contributed by atoms with Gasteiger partial charge in [-0.2, -0.15) is 5.10 Å². The van der Waals surface area contributed by atoms with Gasteiger partial charge in [-0.1, -0.05) is 18.2 Å². The summed E-state index contributed by atoms with van der Waals surface area (Å²) in [5.74, 6) is -0.105. The topological polar surface area (TPSA) is 99.3 Å². The molecule has 7 nitrogen and oxygen atoms in total. The van der Waals surface area contributed by atoms with Crippen molar-refractivity contribution in [2.24, 2.45) is 5.92 Å². The average molecular weight is 489 g/mol. The molecule has 1 aliphatic rings. The van der Waals surface area contributed by atoms with Gasteiger partial charge in [-0.3, -0.25) is 14.9 Å². The van der Waals surface area contributed by atoms with E-state index in [0.717, 1.165) is 62.8 Å². The number of carbonyl (C=O) groups excluding carboxylic acids is 1. The molecule has 4 aromatic heterocycles. The molecule has 1 amide bonds. The van der Waals surface area contributed by atoms with Crippen LogP contribution >= 0.6 is 0 Å². The molecule has 0 radical (unpaired) electrons. The number of aromatic nitrogens is 5. The number of fused-ring (bicyclic) bond motifs is 2. The number of amides is 1. The predicted molar refractivity (Wildman–Crippen MR) is 141 cm³/mol. The van der Waals surface area contributed by atoms with E-state index in [-0.39, 0.29) is 17.6 Å². The number of anilines is 1.